The van der Waals surface area contributed by atoms with Gasteiger partial charge in [0, 0.05) is 11.6 Å². The molecule has 2 N–H and O–H groups in total. The van der Waals surface area contributed by atoms with Gasteiger partial charge in [-0.1, -0.05) is 24.3 Å². The van der Waals surface area contributed by atoms with Gasteiger partial charge in [0.2, 0.25) is 0 Å². The maximum atomic E-state index is 13.9. The van der Waals surface area contributed by atoms with E-state index >= 15 is 0 Å². The highest BCUT2D eigenvalue weighted by Crippen LogP contribution is 2.32. The second kappa shape index (κ2) is 6.59. The summed E-state index contributed by atoms with van der Waals surface area (Å²) in [6, 6.07) is 11.9. The molecule has 0 aliphatic heterocycles. The second-order valence-corrected chi connectivity index (χ2v) is 5.07. The average Bonchev–Trinajstić information content (AvgIpc) is 2.47. The molecule has 0 amide bonds. The minimum absolute atomic E-state index is 0.197. The van der Waals surface area contributed by atoms with Crippen molar-refractivity contribution in [3.05, 3.63) is 59.4 Å². The number of methoxy groups -OCH3 is 1. The number of benzene rings is 2. The quantitative estimate of drug-likeness (QED) is 0.914. The van der Waals surface area contributed by atoms with Crippen molar-refractivity contribution in [1.29, 1.82) is 0 Å². The Bertz CT molecular complexity index is 613. The fourth-order valence-electron chi connectivity index (χ4n) is 2.19. The van der Waals surface area contributed by atoms with E-state index in [-0.39, 0.29) is 11.8 Å². The van der Waals surface area contributed by atoms with Crippen molar-refractivity contribution in [3.63, 3.8) is 0 Å². The Morgan fingerprint density at radius 2 is 1.81 bits per heavy atom. The van der Waals surface area contributed by atoms with E-state index < -0.39 is 11.9 Å². The molecule has 0 spiro atoms. The lowest BCUT2D eigenvalue weighted by atomic mass is 10.0. The molecule has 112 valence electrons. The van der Waals surface area contributed by atoms with Crippen molar-refractivity contribution in [3.8, 4) is 11.5 Å². The molecular weight excluding hydrogens is 269 g/mol. The molecule has 0 saturated carbocycles. The third-order valence-corrected chi connectivity index (χ3v) is 3.26. The van der Waals surface area contributed by atoms with Gasteiger partial charge in [0.25, 0.3) is 0 Å². The summed E-state index contributed by atoms with van der Waals surface area (Å²) < 4.78 is 25.1. The van der Waals surface area contributed by atoms with Crippen LogP contribution in [0.3, 0.4) is 0 Å². The van der Waals surface area contributed by atoms with Crippen LogP contribution in [0.25, 0.3) is 0 Å². The Morgan fingerprint density at radius 1 is 1.10 bits per heavy atom. The zero-order valence-electron chi connectivity index (χ0n) is 12.5. The van der Waals surface area contributed by atoms with Crippen LogP contribution in [0.15, 0.2) is 42.5 Å². The molecule has 0 bridgehead atoms. The zero-order valence-corrected chi connectivity index (χ0v) is 12.5. The normalized spacial score (nSPS) is 13.6. The Balaban J connectivity index is 2.38. The summed E-state index contributed by atoms with van der Waals surface area (Å²) >= 11 is 0. The van der Waals surface area contributed by atoms with Crippen LogP contribution in [0, 0.1) is 12.7 Å². The highest BCUT2D eigenvalue weighted by molar-refractivity contribution is 5.37. The molecule has 0 aromatic heterocycles. The van der Waals surface area contributed by atoms with Crippen LogP contribution in [-0.4, -0.2) is 13.2 Å². The van der Waals surface area contributed by atoms with Crippen LogP contribution in [-0.2, 0) is 0 Å². The van der Waals surface area contributed by atoms with Gasteiger partial charge in [0.05, 0.1) is 7.11 Å². The monoisotopic (exact) mass is 289 g/mol. The predicted molar refractivity (Wildman–Crippen MR) is 81.1 cm³/mol. The first-order valence-electron chi connectivity index (χ1n) is 6.84. The summed E-state index contributed by atoms with van der Waals surface area (Å²) in [6.07, 6.45) is -0.488. The van der Waals surface area contributed by atoms with E-state index in [0.29, 0.717) is 5.75 Å². The summed E-state index contributed by atoms with van der Waals surface area (Å²) in [5, 5.41) is 0. The fourth-order valence-corrected chi connectivity index (χ4v) is 2.19. The van der Waals surface area contributed by atoms with E-state index in [4.69, 9.17) is 15.2 Å². The van der Waals surface area contributed by atoms with Crippen molar-refractivity contribution in [1.82, 2.24) is 0 Å². The molecule has 2 aromatic rings. The van der Waals surface area contributed by atoms with Gasteiger partial charge < -0.3 is 15.2 Å². The van der Waals surface area contributed by atoms with Crippen molar-refractivity contribution < 1.29 is 13.9 Å². The number of hydrogen-bond acceptors (Lipinski definition) is 3. The third-order valence-electron chi connectivity index (χ3n) is 3.26. The number of ether oxygens (including phenoxy) is 2. The molecule has 0 aliphatic carbocycles. The van der Waals surface area contributed by atoms with Crippen LogP contribution >= 0.6 is 0 Å². The van der Waals surface area contributed by atoms with E-state index in [1.807, 2.05) is 38.1 Å². The van der Waals surface area contributed by atoms with E-state index in [1.165, 1.54) is 6.07 Å². The molecular formula is C17H20FNO2. The zero-order chi connectivity index (χ0) is 15.4. The number of hydrogen-bond donors (Lipinski definition) is 1. The molecule has 0 heterocycles. The number of para-hydroxylation sites is 1. The Hall–Kier alpha value is -2.07. The minimum Gasteiger partial charge on any atom is -0.496 e. The fraction of sp³-hybridized carbons (Fsp3) is 0.294. The maximum Gasteiger partial charge on any atom is 0.165 e. The van der Waals surface area contributed by atoms with Gasteiger partial charge >= 0.3 is 0 Å². The highest BCUT2D eigenvalue weighted by Gasteiger charge is 2.23. The van der Waals surface area contributed by atoms with Gasteiger partial charge in [-0.15, -0.1) is 0 Å². The summed E-state index contributed by atoms with van der Waals surface area (Å²) in [7, 11) is 1.59. The van der Waals surface area contributed by atoms with Crippen LogP contribution in [0.5, 0.6) is 11.5 Å². The van der Waals surface area contributed by atoms with Gasteiger partial charge in [-0.05, 0) is 37.6 Å². The lowest BCUT2D eigenvalue weighted by molar-refractivity contribution is 0.168. The van der Waals surface area contributed by atoms with E-state index in [1.54, 1.807) is 19.2 Å². The molecule has 21 heavy (non-hydrogen) atoms. The van der Waals surface area contributed by atoms with Gasteiger partial charge in [-0.3, -0.25) is 0 Å². The molecule has 0 fully saturated rings. The largest absolute Gasteiger partial charge is 0.496 e. The van der Waals surface area contributed by atoms with Crippen LogP contribution in [0.1, 0.15) is 24.2 Å². The van der Waals surface area contributed by atoms with E-state index in [2.05, 4.69) is 0 Å². The van der Waals surface area contributed by atoms with Crippen LogP contribution < -0.4 is 15.2 Å². The smallest absolute Gasteiger partial charge is 0.165 e. The third kappa shape index (κ3) is 3.52. The lowest BCUT2D eigenvalue weighted by Crippen LogP contribution is -2.29. The number of rotatable bonds is 5. The van der Waals surface area contributed by atoms with Crippen LogP contribution in [0.4, 0.5) is 4.39 Å². The average molecular weight is 289 g/mol. The van der Waals surface area contributed by atoms with Crippen molar-refractivity contribution in [2.45, 2.75) is 26.0 Å². The van der Waals surface area contributed by atoms with Gasteiger partial charge in [0.15, 0.2) is 11.6 Å². The van der Waals surface area contributed by atoms with Gasteiger partial charge in [-0.25, -0.2) is 4.39 Å². The molecule has 2 atom stereocenters. The Morgan fingerprint density at radius 3 is 2.48 bits per heavy atom. The summed E-state index contributed by atoms with van der Waals surface area (Å²) in [4.78, 5) is 0. The number of aryl methyl sites for hydroxylation is 1. The Kier molecular flexibility index (Phi) is 4.81. The lowest BCUT2D eigenvalue weighted by Gasteiger charge is -2.25. The predicted octanol–water partition coefficient (Wildman–Crippen LogP) is 3.61. The molecule has 2 aromatic carbocycles. The highest BCUT2D eigenvalue weighted by atomic mass is 19.1. The molecule has 0 saturated heterocycles. The summed E-state index contributed by atoms with van der Waals surface area (Å²) in [5.74, 6) is 0.470. The number of halogens is 1. The molecule has 2 rings (SSSR count). The van der Waals surface area contributed by atoms with Crippen LogP contribution in [0.2, 0.25) is 0 Å². The standard InChI is InChI=1S/C17H20FNO2/c1-11-8-9-14(18)16(10-11)21-17(12(2)19)13-6-4-5-7-15(13)20-3/h4-10,12,17H,19H2,1-3H3. The Labute approximate surface area is 124 Å². The molecule has 0 radical (unpaired) electrons. The van der Waals surface area contributed by atoms with Gasteiger partial charge in [-0.2, -0.15) is 0 Å². The second-order valence-electron chi connectivity index (χ2n) is 5.07. The first kappa shape index (κ1) is 15.3. The summed E-state index contributed by atoms with van der Waals surface area (Å²) in [5.41, 5.74) is 7.75. The van der Waals surface area contributed by atoms with Crippen molar-refractivity contribution >= 4 is 0 Å². The first-order chi connectivity index (χ1) is 10.0. The maximum absolute atomic E-state index is 13.9. The molecule has 2 unspecified atom stereocenters. The molecule has 4 heteroatoms. The number of nitrogens with two attached hydrogens (primary N) is 1. The van der Waals surface area contributed by atoms with Crippen molar-refractivity contribution in [2.75, 3.05) is 7.11 Å². The van der Waals surface area contributed by atoms with E-state index in [0.717, 1.165) is 11.1 Å². The SMILES string of the molecule is COc1ccccc1C(Oc1cc(C)ccc1F)C(C)N. The van der Waals surface area contributed by atoms with Gasteiger partial charge in [0.1, 0.15) is 11.9 Å². The van der Waals surface area contributed by atoms with Crippen molar-refractivity contribution in [2.24, 2.45) is 5.73 Å². The molecule has 0 aliphatic rings. The molecule has 3 nitrogen and oxygen atoms in total. The topological polar surface area (TPSA) is 44.5 Å². The summed E-state index contributed by atoms with van der Waals surface area (Å²) in [6.45, 7) is 3.71. The minimum atomic E-state index is -0.488. The first-order valence-corrected chi connectivity index (χ1v) is 6.84. The van der Waals surface area contributed by atoms with E-state index in [9.17, 15) is 4.39 Å².